The first-order chi connectivity index (χ1) is 11.0. The third-order valence-electron chi connectivity index (χ3n) is 3.31. The van der Waals surface area contributed by atoms with Gasteiger partial charge < -0.3 is 4.55 Å². The second kappa shape index (κ2) is 6.66. The van der Waals surface area contributed by atoms with E-state index in [9.17, 15) is 8.60 Å². The molecule has 0 aliphatic carbocycles. The van der Waals surface area contributed by atoms with Crippen molar-refractivity contribution in [1.82, 2.24) is 9.97 Å². The number of thiazole rings is 1. The Morgan fingerprint density at radius 2 is 2.13 bits per heavy atom. The predicted octanol–water partition coefficient (Wildman–Crippen LogP) is 4.04. The smallest absolute Gasteiger partial charge is 0.157 e. The van der Waals surface area contributed by atoms with Crippen LogP contribution in [0.5, 0.6) is 0 Å². The van der Waals surface area contributed by atoms with Gasteiger partial charge in [-0.05, 0) is 24.6 Å². The van der Waals surface area contributed by atoms with Crippen molar-refractivity contribution >= 4 is 22.4 Å². The predicted molar refractivity (Wildman–Crippen MR) is 90.0 cm³/mol. The summed E-state index contributed by atoms with van der Waals surface area (Å²) in [5.41, 5.74) is 3.46. The van der Waals surface area contributed by atoms with Gasteiger partial charge >= 0.3 is 0 Å². The van der Waals surface area contributed by atoms with Crippen LogP contribution in [0, 0.1) is 12.7 Å². The van der Waals surface area contributed by atoms with Crippen molar-refractivity contribution < 1.29 is 13.2 Å². The molecule has 7 heteroatoms. The van der Waals surface area contributed by atoms with E-state index >= 15 is 0 Å². The molecule has 23 heavy (non-hydrogen) atoms. The molecule has 118 valence electrons. The molecule has 0 bridgehead atoms. The van der Waals surface area contributed by atoms with Gasteiger partial charge in [-0.3, -0.25) is 4.98 Å². The van der Waals surface area contributed by atoms with E-state index in [1.165, 1.54) is 23.5 Å². The fourth-order valence-corrected chi connectivity index (χ4v) is 3.59. The minimum Gasteiger partial charge on any atom is -0.306 e. The number of aryl methyl sites for hydroxylation is 1. The minimum atomic E-state index is -2.07. The highest BCUT2D eigenvalue weighted by molar-refractivity contribution is 7.78. The van der Waals surface area contributed by atoms with Crippen molar-refractivity contribution in [2.24, 2.45) is 0 Å². The summed E-state index contributed by atoms with van der Waals surface area (Å²) >= 11 is -0.549. The number of nitrogens with zero attached hydrogens (tertiary/aromatic N) is 2. The summed E-state index contributed by atoms with van der Waals surface area (Å²) in [5, 5.41) is 2.81. The van der Waals surface area contributed by atoms with Crippen LogP contribution in [0.15, 0.2) is 42.0 Å². The van der Waals surface area contributed by atoms with E-state index in [0.29, 0.717) is 5.56 Å². The van der Waals surface area contributed by atoms with E-state index in [1.54, 1.807) is 18.5 Å². The summed E-state index contributed by atoms with van der Waals surface area (Å²) in [5.74, 6) is -0.729. The molecule has 1 N–H and O–H groups in total. The van der Waals surface area contributed by atoms with Crippen molar-refractivity contribution in [3.63, 3.8) is 0 Å². The normalized spacial score (nSPS) is 12.3. The van der Waals surface area contributed by atoms with E-state index in [0.717, 1.165) is 21.8 Å². The fourth-order valence-electron chi connectivity index (χ4n) is 2.25. The van der Waals surface area contributed by atoms with Crippen molar-refractivity contribution in [2.75, 3.05) is 0 Å². The Morgan fingerprint density at radius 1 is 1.30 bits per heavy atom. The first kappa shape index (κ1) is 15.9. The van der Waals surface area contributed by atoms with Crippen molar-refractivity contribution in [2.45, 2.75) is 12.7 Å². The molecule has 1 aromatic carbocycles. The van der Waals surface area contributed by atoms with Crippen molar-refractivity contribution in [3.8, 4) is 21.7 Å². The van der Waals surface area contributed by atoms with Gasteiger partial charge in [-0.2, -0.15) is 0 Å². The van der Waals surface area contributed by atoms with Crippen LogP contribution >= 0.6 is 11.3 Å². The van der Waals surface area contributed by atoms with Gasteiger partial charge in [-0.25, -0.2) is 13.6 Å². The second-order valence-corrected chi connectivity index (χ2v) is 6.78. The van der Waals surface area contributed by atoms with Crippen LogP contribution in [0.1, 0.15) is 11.3 Å². The number of pyridine rings is 1. The molecule has 0 saturated heterocycles. The van der Waals surface area contributed by atoms with Crippen LogP contribution < -0.4 is 0 Å². The zero-order valence-corrected chi connectivity index (χ0v) is 13.8. The number of aromatic nitrogens is 2. The lowest BCUT2D eigenvalue weighted by molar-refractivity contribution is 0.559. The molecule has 1 unspecified atom stereocenters. The Kier molecular flexibility index (Phi) is 4.61. The maximum absolute atomic E-state index is 14.2. The number of benzene rings is 1. The van der Waals surface area contributed by atoms with E-state index in [2.05, 4.69) is 9.97 Å². The molecule has 0 saturated carbocycles. The minimum absolute atomic E-state index is 0.213. The maximum atomic E-state index is 14.2. The second-order valence-electron chi connectivity index (χ2n) is 4.99. The monoisotopic (exact) mass is 348 g/mol. The number of hydrogen-bond donors (Lipinski definition) is 1. The molecule has 0 radical (unpaired) electrons. The van der Waals surface area contributed by atoms with Gasteiger partial charge in [0.25, 0.3) is 0 Å². The molecule has 4 nitrogen and oxygen atoms in total. The van der Waals surface area contributed by atoms with E-state index in [1.807, 2.05) is 18.4 Å². The molecular formula is C16H13FN2O2S2. The molecule has 2 aromatic heterocycles. The molecule has 0 amide bonds. The third kappa shape index (κ3) is 3.52. The first-order valence-corrected chi connectivity index (χ1v) is 8.93. The summed E-state index contributed by atoms with van der Waals surface area (Å²) in [4.78, 5) is 8.59. The summed E-state index contributed by atoms with van der Waals surface area (Å²) in [6, 6.07) is 6.47. The summed E-state index contributed by atoms with van der Waals surface area (Å²) in [6.45, 7) is 1.92. The highest BCUT2D eigenvalue weighted by Gasteiger charge is 2.13. The van der Waals surface area contributed by atoms with Gasteiger partial charge in [0.2, 0.25) is 0 Å². The quantitative estimate of drug-likeness (QED) is 0.723. The average Bonchev–Trinajstić information content (AvgIpc) is 2.95. The Hall–Kier alpha value is -1.96. The molecule has 3 rings (SSSR count). The summed E-state index contributed by atoms with van der Waals surface area (Å²) < 4.78 is 33.9. The van der Waals surface area contributed by atoms with Crippen molar-refractivity contribution in [3.05, 3.63) is 59.1 Å². The van der Waals surface area contributed by atoms with Gasteiger partial charge in [0.05, 0.1) is 5.75 Å². The van der Waals surface area contributed by atoms with Gasteiger partial charge in [0.1, 0.15) is 10.8 Å². The van der Waals surface area contributed by atoms with Crippen LogP contribution in [0.4, 0.5) is 4.39 Å². The van der Waals surface area contributed by atoms with E-state index < -0.39 is 16.9 Å². The molecule has 3 aromatic rings. The molecule has 0 spiro atoms. The lowest BCUT2D eigenvalue weighted by Crippen LogP contribution is -1.97. The molecular weight excluding hydrogens is 335 g/mol. The summed E-state index contributed by atoms with van der Waals surface area (Å²) in [7, 11) is 0. The van der Waals surface area contributed by atoms with Gasteiger partial charge in [0.15, 0.2) is 11.1 Å². The Morgan fingerprint density at radius 3 is 2.78 bits per heavy atom. The lowest BCUT2D eigenvalue weighted by atomic mass is 10.0. The van der Waals surface area contributed by atoms with E-state index in [4.69, 9.17) is 4.55 Å². The first-order valence-electron chi connectivity index (χ1n) is 6.77. The topological polar surface area (TPSA) is 63.1 Å². The molecule has 1 atom stereocenters. The zero-order chi connectivity index (χ0) is 16.4. The summed E-state index contributed by atoms with van der Waals surface area (Å²) in [6.07, 6.45) is 3.35. The third-order valence-corrected chi connectivity index (χ3v) is 4.86. The zero-order valence-electron chi connectivity index (χ0n) is 12.2. The number of hydrogen-bond acceptors (Lipinski definition) is 4. The Labute approximate surface area is 139 Å². The van der Waals surface area contributed by atoms with Gasteiger partial charge in [-0.15, -0.1) is 11.3 Å². The van der Waals surface area contributed by atoms with Gasteiger partial charge in [0, 0.05) is 40.2 Å². The average molecular weight is 348 g/mol. The Bertz CT molecular complexity index is 880. The number of halogens is 1. The van der Waals surface area contributed by atoms with Crippen LogP contribution in [-0.2, 0) is 16.8 Å². The molecule has 0 aliphatic heterocycles. The van der Waals surface area contributed by atoms with Crippen molar-refractivity contribution in [1.29, 1.82) is 0 Å². The highest BCUT2D eigenvalue weighted by Crippen LogP contribution is 2.33. The Balaban J connectivity index is 2.06. The lowest BCUT2D eigenvalue weighted by Gasteiger charge is -2.09. The van der Waals surface area contributed by atoms with Crippen LogP contribution in [-0.4, -0.2) is 18.7 Å². The number of rotatable bonds is 4. The van der Waals surface area contributed by atoms with Crippen LogP contribution in [0.2, 0.25) is 0 Å². The standard InChI is InChI=1S/C16H13FN2O2S2/c1-10-8-22-16(19-10)13-4-5-18-7-14(13)11-2-3-12(9-23(20)21)15(17)6-11/h2-8H,9H2,1H3,(H,20,21). The SMILES string of the molecule is Cc1csc(-c2ccncc2-c2ccc(CS(=O)O)c(F)c2)n1. The largest absolute Gasteiger partial charge is 0.306 e. The maximum Gasteiger partial charge on any atom is 0.157 e. The van der Waals surface area contributed by atoms with Gasteiger partial charge in [-0.1, -0.05) is 12.1 Å². The molecule has 0 fully saturated rings. The molecule has 2 heterocycles. The highest BCUT2D eigenvalue weighted by atomic mass is 32.2. The molecule has 0 aliphatic rings. The fraction of sp³-hybridized carbons (Fsp3) is 0.125. The van der Waals surface area contributed by atoms with E-state index in [-0.39, 0.29) is 11.3 Å². The van der Waals surface area contributed by atoms with Crippen LogP contribution in [0.25, 0.3) is 21.7 Å². The van der Waals surface area contributed by atoms with Crippen LogP contribution in [0.3, 0.4) is 0 Å².